The van der Waals surface area contributed by atoms with Gasteiger partial charge in [-0.1, -0.05) is 26.2 Å². The number of aromatic nitrogens is 2. The monoisotopic (exact) mass is 238 g/mol. The summed E-state index contributed by atoms with van der Waals surface area (Å²) >= 11 is 0. The van der Waals surface area contributed by atoms with Crippen LogP contribution in [-0.2, 0) is 6.42 Å². The molecule has 1 aliphatic rings. The Morgan fingerprint density at radius 1 is 1.29 bits per heavy atom. The zero-order chi connectivity index (χ0) is 12.4. The molecule has 1 fully saturated rings. The van der Waals surface area contributed by atoms with Crippen LogP contribution in [0.5, 0.6) is 5.88 Å². The van der Waals surface area contributed by atoms with Crippen molar-refractivity contribution < 1.29 is 5.11 Å². The molecule has 0 unspecified atom stereocenters. The van der Waals surface area contributed by atoms with Crippen molar-refractivity contribution in [3.63, 3.8) is 0 Å². The van der Waals surface area contributed by atoms with Crippen LogP contribution in [0.25, 0.3) is 0 Å². The average Bonchev–Trinajstić information content (AvgIpc) is 2.30. The van der Waals surface area contributed by atoms with Crippen LogP contribution in [0, 0.1) is 0 Å². The zero-order valence-corrected chi connectivity index (χ0v) is 10.0. The molecule has 1 aliphatic carbocycles. The maximum atomic E-state index is 11.8. The Morgan fingerprint density at radius 3 is 2.53 bits per heavy atom. The Bertz CT molecular complexity index is 509. The number of rotatable bonds is 2. The number of hydrogen-bond donors (Lipinski definition) is 2. The van der Waals surface area contributed by atoms with Crippen LogP contribution in [-0.4, -0.2) is 14.7 Å². The third-order valence-corrected chi connectivity index (χ3v) is 3.50. The van der Waals surface area contributed by atoms with Gasteiger partial charge < -0.3 is 5.11 Å². The largest absolute Gasteiger partial charge is 0.494 e. The zero-order valence-electron chi connectivity index (χ0n) is 10.0. The van der Waals surface area contributed by atoms with E-state index < -0.39 is 11.2 Å². The smallest absolute Gasteiger partial charge is 0.331 e. The van der Waals surface area contributed by atoms with E-state index in [9.17, 15) is 14.7 Å². The van der Waals surface area contributed by atoms with Crippen molar-refractivity contribution in [2.75, 3.05) is 0 Å². The number of aromatic amines is 1. The van der Waals surface area contributed by atoms with Crippen LogP contribution in [0.15, 0.2) is 9.59 Å². The summed E-state index contributed by atoms with van der Waals surface area (Å²) < 4.78 is 1.36. The fraction of sp³-hybridized carbons (Fsp3) is 0.667. The van der Waals surface area contributed by atoms with Gasteiger partial charge in [-0.2, -0.15) is 0 Å². The van der Waals surface area contributed by atoms with Crippen molar-refractivity contribution in [1.82, 2.24) is 9.55 Å². The lowest BCUT2D eigenvalue weighted by atomic mass is 9.95. The second kappa shape index (κ2) is 4.77. The Morgan fingerprint density at radius 2 is 1.94 bits per heavy atom. The molecule has 2 N–H and O–H groups in total. The van der Waals surface area contributed by atoms with Crippen molar-refractivity contribution in [1.29, 1.82) is 0 Å². The third kappa shape index (κ3) is 2.14. The molecule has 0 amide bonds. The van der Waals surface area contributed by atoms with Gasteiger partial charge in [-0.15, -0.1) is 0 Å². The van der Waals surface area contributed by atoms with Crippen LogP contribution >= 0.6 is 0 Å². The highest BCUT2D eigenvalue weighted by atomic mass is 16.3. The Labute approximate surface area is 99.1 Å². The number of hydrogen-bond acceptors (Lipinski definition) is 3. The van der Waals surface area contributed by atoms with E-state index in [1.54, 1.807) is 6.92 Å². The first kappa shape index (κ1) is 12.0. The standard InChI is InChI=1S/C12H18N2O3/c1-2-9-10(15)13-12(17)14(11(9)16)8-6-4-3-5-7-8/h8,16H,2-7H2,1H3,(H,13,15,17). The molecule has 0 spiro atoms. The molecule has 0 bridgehead atoms. The van der Waals surface area contributed by atoms with E-state index in [2.05, 4.69) is 4.98 Å². The Kier molecular flexibility index (Phi) is 3.36. The van der Waals surface area contributed by atoms with Gasteiger partial charge in [0, 0.05) is 6.04 Å². The first-order chi connectivity index (χ1) is 8.15. The molecular weight excluding hydrogens is 220 g/mol. The van der Waals surface area contributed by atoms with Crippen LogP contribution in [0.3, 0.4) is 0 Å². The SMILES string of the molecule is CCc1c(O)n(C2CCCCC2)c(=O)[nH]c1=O. The number of nitrogens with zero attached hydrogens (tertiary/aromatic N) is 1. The molecule has 0 aromatic carbocycles. The van der Waals surface area contributed by atoms with Gasteiger partial charge in [0.05, 0.1) is 5.56 Å². The Balaban J connectivity index is 2.52. The van der Waals surface area contributed by atoms with Crippen LogP contribution in [0.2, 0.25) is 0 Å². The molecule has 0 saturated heterocycles. The summed E-state index contributed by atoms with van der Waals surface area (Å²) in [6.07, 6.45) is 5.52. The summed E-state index contributed by atoms with van der Waals surface area (Å²) in [4.78, 5) is 25.6. The van der Waals surface area contributed by atoms with E-state index in [4.69, 9.17) is 0 Å². The predicted molar refractivity (Wildman–Crippen MR) is 64.5 cm³/mol. The molecule has 2 rings (SSSR count). The van der Waals surface area contributed by atoms with Crippen molar-refractivity contribution >= 4 is 0 Å². The molecule has 0 aliphatic heterocycles. The van der Waals surface area contributed by atoms with Gasteiger partial charge in [0.2, 0.25) is 5.88 Å². The van der Waals surface area contributed by atoms with E-state index in [-0.39, 0.29) is 11.9 Å². The summed E-state index contributed by atoms with van der Waals surface area (Å²) in [6.45, 7) is 1.79. The van der Waals surface area contributed by atoms with Gasteiger partial charge in [0.1, 0.15) is 0 Å². The van der Waals surface area contributed by atoms with E-state index in [1.807, 2.05) is 0 Å². The van der Waals surface area contributed by atoms with E-state index >= 15 is 0 Å². The summed E-state index contributed by atoms with van der Waals surface area (Å²) in [6, 6.07) is 0.0263. The molecule has 0 atom stereocenters. The fourth-order valence-corrected chi connectivity index (χ4v) is 2.57. The minimum absolute atomic E-state index is 0.0263. The van der Waals surface area contributed by atoms with E-state index in [1.165, 1.54) is 11.0 Å². The summed E-state index contributed by atoms with van der Waals surface area (Å²) in [5.41, 5.74) is -0.658. The topological polar surface area (TPSA) is 75.1 Å². The first-order valence-electron chi connectivity index (χ1n) is 6.21. The quantitative estimate of drug-likeness (QED) is 0.815. The lowest BCUT2D eigenvalue weighted by Gasteiger charge is -2.24. The van der Waals surface area contributed by atoms with Gasteiger partial charge in [0.15, 0.2) is 0 Å². The summed E-state index contributed by atoms with van der Waals surface area (Å²) in [7, 11) is 0. The fourth-order valence-electron chi connectivity index (χ4n) is 2.57. The highest BCUT2D eigenvalue weighted by Crippen LogP contribution is 2.29. The first-order valence-corrected chi connectivity index (χ1v) is 6.21. The van der Waals surface area contributed by atoms with Crippen molar-refractivity contribution in [2.45, 2.75) is 51.5 Å². The van der Waals surface area contributed by atoms with E-state index in [0.717, 1.165) is 25.7 Å². The highest BCUT2D eigenvalue weighted by Gasteiger charge is 2.21. The molecular formula is C12H18N2O3. The summed E-state index contributed by atoms with van der Waals surface area (Å²) in [5, 5.41) is 10.0. The van der Waals surface area contributed by atoms with Gasteiger partial charge in [-0.25, -0.2) is 4.79 Å². The minimum atomic E-state index is -0.489. The van der Waals surface area contributed by atoms with Crippen molar-refractivity contribution in [3.8, 4) is 5.88 Å². The van der Waals surface area contributed by atoms with Crippen LogP contribution < -0.4 is 11.2 Å². The van der Waals surface area contributed by atoms with Gasteiger partial charge in [0.25, 0.3) is 5.56 Å². The molecule has 5 nitrogen and oxygen atoms in total. The highest BCUT2D eigenvalue weighted by molar-refractivity contribution is 5.23. The third-order valence-electron chi connectivity index (χ3n) is 3.50. The molecule has 1 saturated carbocycles. The molecule has 17 heavy (non-hydrogen) atoms. The second-order valence-electron chi connectivity index (χ2n) is 4.58. The molecule has 1 aromatic rings. The van der Waals surface area contributed by atoms with Gasteiger partial charge in [-0.3, -0.25) is 14.3 Å². The lowest BCUT2D eigenvalue weighted by molar-refractivity contribution is 0.296. The van der Waals surface area contributed by atoms with E-state index in [0.29, 0.717) is 12.0 Å². The molecule has 5 heteroatoms. The predicted octanol–water partition coefficient (Wildman–Crippen LogP) is 1.31. The number of H-pyrrole nitrogens is 1. The second-order valence-corrected chi connectivity index (χ2v) is 4.58. The van der Waals surface area contributed by atoms with Crippen molar-refractivity contribution in [3.05, 3.63) is 26.4 Å². The number of nitrogens with one attached hydrogen (secondary N) is 1. The maximum absolute atomic E-state index is 11.8. The number of aromatic hydroxyl groups is 1. The molecule has 1 aromatic heterocycles. The molecule has 94 valence electrons. The minimum Gasteiger partial charge on any atom is -0.494 e. The van der Waals surface area contributed by atoms with Gasteiger partial charge in [-0.05, 0) is 19.3 Å². The van der Waals surface area contributed by atoms with Crippen LogP contribution in [0.1, 0.15) is 50.6 Å². The maximum Gasteiger partial charge on any atom is 0.331 e. The van der Waals surface area contributed by atoms with Crippen molar-refractivity contribution in [2.24, 2.45) is 0 Å². The molecule has 1 heterocycles. The lowest BCUT2D eigenvalue weighted by Crippen LogP contribution is -2.35. The van der Waals surface area contributed by atoms with Gasteiger partial charge >= 0.3 is 5.69 Å². The molecule has 0 radical (unpaired) electrons. The normalized spacial score (nSPS) is 17.2. The Hall–Kier alpha value is -1.52. The summed E-state index contributed by atoms with van der Waals surface area (Å²) in [5.74, 6) is -0.145. The average molecular weight is 238 g/mol. The van der Waals surface area contributed by atoms with Crippen LogP contribution in [0.4, 0.5) is 0 Å².